The molecule has 494 valence electrons. The van der Waals surface area contributed by atoms with Crippen LogP contribution in [0.1, 0.15) is 0 Å². The van der Waals surface area contributed by atoms with Gasteiger partial charge in [-0.25, -0.2) is 0 Å². The Bertz CT molecular complexity index is 6770. The summed E-state index contributed by atoms with van der Waals surface area (Å²) < 4.78 is 7.30. The van der Waals surface area contributed by atoms with Crippen LogP contribution in [0.5, 0.6) is 0 Å². The van der Waals surface area contributed by atoms with Gasteiger partial charge in [-0.2, -0.15) is 0 Å². The molecule has 20 aromatic rings. The largest absolute Gasteiger partial charge is 0.310 e. The van der Waals surface area contributed by atoms with Crippen molar-refractivity contribution < 1.29 is 0 Å². The average molecular weight is 1400 g/mol. The Morgan fingerprint density at radius 3 is 1.19 bits per heavy atom. The topological polar surface area (TPSA) is 16.3 Å². The van der Waals surface area contributed by atoms with Crippen molar-refractivity contribution in [2.75, 3.05) is 9.80 Å². The first kappa shape index (κ1) is 62.1. The molecule has 0 aliphatic rings. The molecule has 0 aliphatic carbocycles. The quantitative estimate of drug-likeness (QED) is 0.114. The van der Waals surface area contributed by atoms with E-state index < -0.39 is 0 Å². The van der Waals surface area contributed by atoms with E-state index in [2.05, 4.69) is 395 Å². The van der Waals surface area contributed by atoms with E-state index in [9.17, 15) is 0 Å². The molecule has 0 fully saturated rings. The molecule has 0 bridgehead atoms. The molecular weight excluding hydrogens is 1340 g/mol. The molecule has 3 heterocycles. The molecule has 17 aromatic carbocycles. The van der Waals surface area contributed by atoms with E-state index in [0.29, 0.717) is 10.0 Å². The fraction of sp³-hybridized carbons (Fsp3) is 0. The molecule has 0 amide bonds. The maximum Gasteiger partial charge on any atom is 0.0547 e. The van der Waals surface area contributed by atoms with Crippen molar-refractivity contribution in [1.82, 2.24) is 9.13 Å². The van der Waals surface area contributed by atoms with Gasteiger partial charge in [0.25, 0.3) is 0 Å². The van der Waals surface area contributed by atoms with Crippen molar-refractivity contribution in [1.29, 1.82) is 0 Å². The van der Waals surface area contributed by atoms with Gasteiger partial charge < -0.3 is 18.9 Å². The first-order valence-corrected chi connectivity index (χ1v) is 37.0. The van der Waals surface area contributed by atoms with Crippen LogP contribution < -0.4 is 9.80 Å². The zero-order valence-electron chi connectivity index (χ0n) is 56.7. The lowest BCUT2D eigenvalue weighted by Gasteiger charge is -2.26. The van der Waals surface area contributed by atoms with Crippen LogP contribution in [-0.4, -0.2) is 9.13 Å². The van der Waals surface area contributed by atoms with Crippen LogP contribution in [0.2, 0.25) is 10.0 Å². The highest BCUT2D eigenvalue weighted by Gasteiger charge is 2.23. The Morgan fingerprint density at radius 1 is 0.210 bits per heavy atom. The minimum Gasteiger partial charge on any atom is -0.310 e. The summed E-state index contributed by atoms with van der Waals surface area (Å²) >= 11 is 16.4. The lowest BCUT2D eigenvalue weighted by Crippen LogP contribution is -2.10. The fourth-order valence-corrected chi connectivity index (χ4v) is 17.6. The zero-order valence-corrected chi connectivity index (χ0v) is 59.1. The van der Waals surface area contributed by atoms with Crippen LogP contribution in [0.3, 0.4) is 0 Å². The number of anilines is 6. The van der Waals surface area contributed by atoms with Crippen LogP contribution in [0, 0.1) is 0 Å². The van der Waals surface area contributed by atoms with Crippen LogP contribution in [0.25, 0.3) is 152 Å². The molecule has 0 saturated heterocycles. The van der Waals surface area contributed by atoms with Gasteiger partial charge in [-0.05, 0) is 229 Å². The normalized spacial score (nSPS) is 11.7. The Hall–Kier alpha value is -12.7. The van der Waals surface area contributed by atoms with Gasteiger partial charge in [-0.15, -0.1) is 11.3 Å². The summed E-state index contributed by atoms with van der Waals surface area (Å²) in [7, 11) is 0. The molecule has 105 heavy (non-hydrogen) atoms. The molecule has 0 N–H and O–H groups in total. The SMILES string of the molecule is Clc1cc(-c2ccc3c4c5ccc(-c6ccc7c(c6)sc6ccc(N(c8ccccc8)c8cc(Cl)cc(-c9ccc%10c%11c%12ccccc%12ccc%11n(-c%11ccccc%11)c%10c9)c8)cc67)cc5ccc4n(-c4ccc(-c5ccccc5)cc4)c3c2)cc(N(c2ccccc2)c2ccc(-c3ccccc3)cc2)c1. The predicted octanol–water partition coefficient (Wildman–Crippen LogP) is 29.1. The van der Waals surface area contributed by atoms with Gasteiger partial charge in [0.15, 0.2) is 0 Å². The number of aromatic nitrogens is 2. The van der Waals surface area contributed by atoms with Crippen molar-refractivity contribution in [3.05, 3.63) is 386 Å². The van der Waals surface area contributed by atoms with Gasteiger partial charge in [0.05, 0.1) is 22.1 Å². The third-order valence-corrected chi connectivity index (χ3v) is 22.5. The highest BCUT2D eigenvalue weighted by atomic mass is 35.5. The minimum absolute atomic E-state index is 0.656. The van der Waals surface area contributed by atoms with Gasteiger partial charge in [0, 0.05) is 97.3 Å². The first-order chi connectivity index (χ1) is 51.8. The average Bonchev–Trinajstić information content (AvgIpc) is 1.57. The Morgan fingerprint density at radius 2 is 0.619 bits per heavy atom. The molecule has 0 aliphatic heterocycles. The smallest absolute Gasteiger partial charge is 0.0547 e. The first-order valence-electron chi connectivity index (χ1n) is 35.5. The van der Waals surface area contributed by atoms with Crippen LogP contribution in [0.15, 0.2) is 376 Å². The van der Waals surface area contributed by atoms with Gasteiger partial charge >= 0.3 is 0 Å². The van der Waals surface area contributed by atoms with Gasteiger partial charge in [-0.3, -0.25) is 0 Å². The van der Waals surface area contributed by atoms with E-state index >= 15 is 0 Å². The standard InChI is InChI=1S/C98H62Cl2N4S/c99-75-53-73(55-83(60-75)101(77-23-10-3-11-24-77)80-40-30-65(31-41-80)63-18-6-1-7-19-63)70-37-48-89-94(58-70)104(81-42-32-66(33-43-81)64-20-8-2-9-21-64)92-50-39-72-52-68(34-45-86(72)98(89)92)71-35-46-87-90-62-82(44-51-95(90)105-96(87)59-71)102(78-25-12-4-13-26-78)84-56-74(54-76(100)61-84)69-36-47-88-93(57-69)103(79-27-14-5-15-28-79)91-49-38-67-22-16-17-29-85(67)97(88)91/h1-62H. The van der Waals surface area contributed by atoms with Gasteiger partial charge in [0.2, 0.25) is 0 Å². The second-order valence-electron chi connectivity index (χ2n) is 27.1. The van der Waals surface area contributed by atoms with Crippen molar-refractivity contribution in [2.24, 2.45) is 0 Å². The highest BCUT2D eigenvalue weighted by Crippen LogP contribution is 2.48. The van der Waals surface area contributed by atoms with Crippen molar-refractivity contribution in [2.45, 2.75) is 0 Å². The number of benzene rings is 17. The number of hydrogen-bond donors (Lipinski definition) is 0. The van der Waals surface area contributed by atoms with Crippen LogP contribution >= 0.6 is 34.5 Å². The Kier molecular flexibility index (Phi) is 15.2. The number of halogens is 2. The minimum atomic E-state index is 0.656. The predicted molar refractivity (Wildman–Crippen MR) is 450 cm³/mol. The lowest BCUT2D eigenvalue weighted by atomic mass is 9.97. The fourth-order valence-electron chi connectivity index (χ4n) is 16.0. The van der Waals surface area contributed by atoms with E-state index in [-0.39, 0.29) is 0 Å². The summed E-state index contributed by atoms with van der Waals surface area (Å²) in [4.78, 5) is 4.63. The van der Waals surface area contributed by atoms with E-state index in [1.165, 1.54) is 96.6 Å². The molecule has 20 rings (SSSR count). The van der Waals surface area contributed by atoms with Crippen LogP contribution in [-0.2, 0) is 0 Å². The Labute approximate surface area is 621 Å². The lowest BCUT2D eigenvalue weighted by molar-refractivity contribution is 1.18. The zero-order chi connectivity index (χ0) is 69.6. The molecule has 3 aromatic heterocycles. The van der Waals surface area contributed by atoms with E-state index in [4.69, 9.17) is 23.2 Å². The van der Waals surface area contributed by atoms with E-state index in [1.807, 2.05) is 11.3 Å². The third kappa shape index (κ3) is 11.0. The van der Waals surface area contributed by atoms with Crippen molar-refractivity contribution in [3.63, 3.8) is 0 Å². The summed E-state index contributed by atoms with van der Waals surface area (Å²) in [5.74, 6) is 0. The number of nitrogens with zero attached hydrogens (tertiary/aromatic N) is 4. The van der Waals surface area contributed by atoms with Gasteiger partial charge in [-0.1, -0.05) is 248 Å². The molecule has 7 heteroatoms. The summed E-state index contributed by atoms with van der Waals surface area (Å²) in [5, 5.41) is 13.4. The van der Waals surface area contributed by atoms with Crippen LogP contribution in [0.4, 0.5) is 34.1 Å². The number of thiophene rings is 1. The van der Waals surface area contributed by atoms with Crippen molar-refractivity contribution >= 4 is 154 Å². The molecule has 0 saturated carbocycles. The summed E-state index contributed by atoms with van der Waals surface area (Å²) in [6, 6.07) is 136. The van der Waals surface area contributed by atoms with Crippen molar-refractivity contribution in [3.8, 4) is 67.0 Å². The molecule has 0 unspecified atom stereocenters. The summed E-state index contributed by atoms with van der Waals surface area (Å²) in [5.41, 5.74) is 24.1. The summed E-state index contributed by atoms with van der Waals surface area (Å²) in [6.07, 6.45) is 0. The number of fused-ring (bicyclic) bond motifs is 13. The molecule has 0 atom stereocenters. The third-order valence-electron chi connectivity index (χ3n) is 20.9. The van der Waals surface area contributed by atoms with E-state index in [1.54, 1.807) is 0 Å². The molecule has 0 spiro atoms. The monoisotopic (exact) mass is 1400 g/mol. The molecular formula is C98H62Cl2N4S. The number of rotatable bonds is 13. The van der Waals surface area contributed by atoms with E-state index in [0.717, 1.165) is 89.9 Å². The van der Waals surface area contributed by atoms with Gasteiger partial charge in [0.1, 0.15) is 0 Å². The number of para-hydroxylation sites is 3. The maximum atomic E-state index is 7.29. The maximum absolute atomic E-state index is 7.29. The summed E-state index contributed by atoms with van der Waals surface area (Å²) in [6.45, 7) is 0. The second-order valence-corrected chi connectivity index (χ2v) is 29.1. The Balaban J connectivity index is 0.662. The molecule has 0 radical (unpaired) electrons. The molecule has 4 nitrogen and oxygen atoms in total. The second kappa shape index (κ2) is 25.6. The number of hydrogen-bond acceptors (Lipinski definition) is 3. The highest BCUT2D eigenvalue weighted by molar-refractivity contribution is 7.25.